The molecule has 1 aliphatic rings. The van der Waals surface area contributed by atoms with Crippen molar-refractivity contribution in [1.29, 1.82) is 0 Å². The molecule has 1 heterocycles. The molecule has 5 heteroatoms. The third-order valence-electron chi connectivity index (χ3n) is 5.45. The highest BCUT2D eigenvalue weighted by Crippen LogP contribution is 2.38. The van der Waals surface area contributed by atoms with E-state index >= 15 is 0 Å². The summed E-state index contributed by atoms with van der Waals surface area (Å²) in [7, 11) is 0. The van der Waals surface area contributed by atoms with Crippen LogP contribution in [0.25, 0.3) is 0 Å². The summed E-state index contributed by atoms with van der Waals surface area (Å²) in [4.78, 5) is 1.22. The van der Waals surface area contributed by atoms with Gasteiger partial charge in [0.15, 0.2) is 0 Å². The number of hydrogen-bond acceptors (Lipinski definition) is 4. The predicted octanol–water partition coefficient (Wildman–Crippen LogP) is 5.30. The van der Waals surface area contributed by atoms with E-state index in [9.17, 15) is 10.2 Å². The summed E-state index contributed by atoms with van der Waals surface area (Å²) in [6.07, 6.45) is 2.69. The number of aliphatic hydroxyl groups is 2. The van der Waals surface area contributed by atoms with Crippen LogP contribution in [0.5, 0.6) is 5.75 Å². The quantitative estimate of drug-likeness (QED) is 0.670. The smallest absolute Gasteiger partial charge is 0.119 e. The lowest BCUT2D eigenvalue weighted by atomic mass is 9.89. The average Bonchev–Trinajstić information content (AvgIpc) is 3.20. The molecule has 0 aliphatic heterocycles. The molecular weight excluding hydrogens is 368 g/mol. The molecule has 2 aromatic rings. The Morgan fingerprint density at radius 1 is 1.27 bits per heavy atom. The van der Waals surface area contributed by atoms with Gasteiger partial charge < -0.3 is 14.9 Å². The molecule has 26 heavy (non-hydrogen) atoms. The maximum atomic E-state index is 10.4. The van der Waals surface area contributed by atoms with E-state index in [2.05, 4.69) is 13.0 Å². The highest BCUT2D eigenvalue weighted by molar-refractivity contribution is 7.10. The topological polar surface area (TPSA) is 49.7 Å². The summed E-state index contributed by atoms with van der Waals surface area (Å²) in [6, 6.07) is 7.70. The van der Waals surface area contributed by atoms with E-state index < -0.39 is 6.10 Å². The van der Waals surface area contributed by atoms with Crippen molar-refractivity contribution in [3.8, 4) is 5.75 Å². The Balaban J connectivity index is 1.54. The van der Waals surface area contributed by atoms with Crippen LogP contribution in [0.1, 0.15) is 47.8 Å². The zero-order chi connectivity index (χ0) is 18.7. The minimum Gasteiger partial charge on any atom is -0.493 e. The molecule has 1 fully saturated rings. The third-order valence-corrected chi connectivity index (χ3v) is 6.76. The van der Waals surface area contributed by atoms with Crippen LogP contribution < -0.4 is 4.74 Å². The maximum Gasteiger partial charge on any atom is 0.119 e. The second-order valence-corrected chi connectivity index (χ2v) is 8.90. The monoisotopic (exact) mass is 394 g/mol. The highest BCUT2D eigenvalue weighted by Gasteiger charge is 2.35. The molecule has 1 saturated carbocycles. The van der Waals surface area contributed by atoms with Gasteiger partial charge in [0.05, 0.1) is 18.8 Å². The van der Waals surface area contributed by atoms with Crippen molar-refractivity contribution in [2.45, 2.75) is 51.7 Å². The van der Waals surface area contributed by atoms with Gasteiger partial charge in [-0.15, -0.1) is 11.3 Å². The van der Waals surface area contributed by atoms with Crippen molar-refractivity contribution < 1.29 is 14.9 Å². The van der Waals surface area contributed by atoms with Gasteiger partial charge in [-0.1, -0.05) is 11.6 Å². The maximum absolute atomic E-state index is 10.4. The Hall–Kier alpha value is -1.07. The second kappa shape index (κ2) is 8.75. The molecule has 1 aromatic heterocycles. The molecule has 1 aliphatic carbocycles. The summed E-state index contributed by atoms with van der Waals surface area (Å²) < 4.78 is 5.94. The Morgan fingerprint density at radius 3 is 2.77 bits per heavy atom. The van der Waals surface area contributed by atoms with Crippen LogP contribution in [0.4, 0.5) is 0 Å². The van der Waals surface area contributed by atoms with Crippen molar-refractivity contribution in [3.63, 3.8) is 0 Å². The number of benzene rings is 1. The van der Waals surface area contributed by atoms with Crippen LogP contribution >= 0.6 is 22.9 Å². The predicted molar refractivity (Wildman–Crippen MR) is 107 cm³/mol. The van der Waals surface area contributed by atoms with Crippen LogP contribution in [0.2, 0.25) is 5.02 Å². The molecule has 0 amide bonds. The molecule has 3 nitrogen and oxygen atoms in total. The van der Waals surface area contributed by atoms with E-state index in [-0.39, 0.29) is 12.0 Å². The lowest BCUT2D eigenvalue weighted by molar-refractivity contribution is 0.0724. The number of thiophene rings is 1. The van der Waals surface area contributed by atoms with E-state index in [1.54, 1.807) is 11.3 Å². The first-order chi connectivity index (χ1) is 12.4. The number of ether oxygens (including phenoxy) is 1. The Morgan fingerprint density at radius 2 is 2.08 bits per heavy atom. The van der Waals surface area contributed by atoms with Crippen molar-refractivity contribution in [1.82, 2.24) is 0 Å². The number of aliphatic hydroxyl groups excluding tert-OH is 2. The van der Waals surface area contributed by atoms with Crippen LogP contribution in [0.3, 0.4) is 0 Å². The van der Waals surface area contributed by atoms with Crippen LogP contribution in [0, 0.1) is 25.7 Å². The molecule has 2 unspecified atom stereocenters. The van der Waals surface area contributed by atoms with Crippen LogP contribution in [0.15, 0.2) is 29.6 Å². The number of aryl methyl sites for hydroxylation is 2. The molecule has 4 atom stereocenters. The van der Waals surface area contributed by atoms with Gasteiger partial charge in [0.2, 0.25) is 0 Å². The summed E-state index contributed by atoms with van der Waals surface area (Å²) in [5.74, 6) is 1.29. The van der Waals surface area contributed by atoms with Gasteiger partial charge in [0.25, 0.3) is 0 Å². The van der Waals surface area contributed by atoms with Gasteiger partial charge in [-0.2, -0.15) is 0 Å². The van der Waals surface area contributed by atoms with Gasteiger partial charge >= 0.3 is 0 Å². The number of rotatable bonds is 7. The lowest BCUT2D eigenvalue weighted by Crippen LogP contribution is -2.26. The van der Waals surface area contributed by atoms with Crippen molar-refractivity contribution >= 4 is 22.9 Å². The minimum absolute atomic E-state index is 0.113. The summed E-state index contributed by atoms with van der Waals surface area (Å²) in [5, 5.41) is 23.5. The van der Waals surface area contributed by atoms with Crippen LogP contribution in [-0.2, 0) is 0 Å². The molecule has 2 N–H and O–H groups in total. The third kappa shape index (κ3) is 4.80. The molecule has 0 radical (unpaired) electrons. The van der Waals surface area contributed by atoms with Gasteiger partial charge in [-0.05, 0) is 86.2 Å². The first-order valence-corrected chi connectivity index (χ1v) is 10.5. The van der Waals surface area contributed by atoms with Gasteiger partial charge in [-0.25, -0.2) is 0 Å². The van der Waals surface area contributed by atoms with E-state index in [1.807, 2.05) is 30.5 Å². The van der Waals surface area contributed by atoms with Crippen molar-refractivity contribution in [2.24, 2.45) is 11.8 Å². The molecule has 1 aromatic carbocycles. The normalized spacial score (nSPS) is 24.0. The Kier molecular flexibility index (Phi) is 6.62. The van der Waals surface area contributed by atoms with Crippen molar-refractivity contribution in [3.05, 3.63) is 50.7 Å². The van der Waals surface area contributed by atoms with Crippen LogP contribution in [-0.4, -0.2) is 22.9 Å². The SMILES string of the molecule is Cc1cc(C(O)CC[C@H]2CC[C@@H](O)C2COc2ccc(Cl)c(C)c2)cs1. The van der Waals surface area contributed by atoms with E-state index in [1.165, 1.54) is 4.88 Å². The summed E-state index contributed by atoms with van der Waals surface area (Å²) >= 11 is 7.73. The fourth-order valence-corrected chi connectivity index (χ4v) is 4.68. The second-order valence-electron chi connectivity index (χ2n) is 7.37. The van der Waals surface area contributed by atoms with E-state index in [0.29, 0.717) is 12.5 Å². The Bertz CT molecular complexity index is 730. The van der Waals surface area contributed by atoms with Gasteiger partial charge in [0.1, 0.15) is 5.75 Å². The number of hydrogen-bond donors (Lipinski definition) is 2. The highest BCUT2D eigenvalue weighted by atomic mass is 35.5. The number of halogens is 1. The largest absolute Gasteiger partial charge is 0.493 e. The summed E-state index contributed by atoms with van der Waals surface area (Å²) in [5.41, 5.74) is 2.00. The molecule has 142 valence electrons. The first-order valence-electron chi connectivity index (χ1n) is 9.24. The first kappa shape index (κ1) is 19.7. The molecular formula is C21H27ClO3S. The Labute approximate surface area is 164 Å². The summed E-state index contributed by atoms with van der Waals surface area (Å²) in [6.45, 7) is 4.51. The molecule has 3 rings (SSSR count). The fourth-order valence-electron chi connectivity index (χ4n) is 3.81. The molecule has 0 spiro atoms. The van der Waals surface area contributed by atoms with Gasteiger partial charge in [0, 0.05) is 15.8 Å². The molecule has 0 saturated heterocycles. The fraction of sp³-hybridized carbons (Fsp3) is 0.524. The van der Waals surface area contributed by atoms with Crippen molar-refractivity contribution in [2.75, 3.05) is 6.61 Å². The van der Waals surface area contributed by atoms with E-state index in [4.69, 9.17) is 16.3 Å². The lowest BCUT2D eigenvalue weighted by Gasteiger charge is -2.23. The zero-order valence-corrected chi connectivity index (χ0v) is 16.9. The average molecular weight is 395 g/mol. The van der Waals surface area contributed by atoms with E-state index in [0.717, 1.165) is 47.6 Å². The minimum atomic E-state index is -0.418. The molecule has 0 bridgehead atoms. The standard InChI is InChI=1S/C21H27ClO3S/c1-13-9-17(5-6-19(13)22)25-11-18-15(4-8-21(18)24)3-7-20(23)16-10-14(2)26-12-16/h5-6,9-10,12,15,18,20-21,23-24H,3-4,7-8,11H2,1-2H3/t15-,18?,20?,21+/m0/s1. The zero-order valence-electron chi connectivity index (χ0n) is 15.3. The van der Waals surface area contributed by atoms with Gasteiger partial charge in [-0.3, -0.25) is 0 Å².